The Morgan fingerprint density at radius 1 is 1.26 bits per heavy atom. The summed E-state index contributed by atoms with van der Waals surface area (Å²) in [5, 5.41) is 5.98. The molecule has 1 aliphatic rings. The van der Waals surface area contributed by atoms with Crippen LogP contribution in [-0.2, 0) is 6.42 Å². The number of nitrogens with one attached hydrogen (secondary N) is 1. The molecule has 1 aliphatic carbocycles. The van der Waals surface area contributed by atoms with Crippen LogP contribution in [-0.4, -0.2) is 19.6 Å². The molecule has 5 heteroatoms. The number of aromatic nitrogens is 4. The Morgan fingerprint density at radius 2 is 2.04 bits per heavy atom. The minimum atomic E-state index is -0.165. The van der Waals surface area contributed by atoms with Gasteiger partial charge in [0.25, 0.3) is 5.56 Å². The number of nitrogens with zero attached hydrogens (tertiary/aromatic N) is 3. The van der Waals surface area contributed by atoms with Crippen molar-refractivity contribution in [1.29, 1.82) is 0 Å². The zero-order valence-corrected chi connectivity index (χ0v) is 13.2. The average molecular weight is 306 g/mol. The lowest BCUT2D eigenvalue weighted by atomic mass is 10.0. The summed E-state index contributed by atoms with van der Waals surface area (Å²) in [5.41, 5.74) is 3.05. The molecule has 0 amide bonds. The Labute approximate surface area is 133 Å². The van der Waals surface area contributed by atoms with Crippen LogP contribution in [0.3, 0.4) is 0 Å². The molecule has 23 heavy (non-hydrogen) atoms. The van der Waals surface area contributed by atoms with Crippen molar-refractivity contribution in [2.75, 3.05) is 0 Å². The number of fused-ring (bicyclic) bond motifs is 2. The highest BCUT2D eigenvalue weighted by Gasteiger charge is 2.11. The first-order valence-corrected chi connectivity index (χ1v) is 7.91. The lowest BCUT2D eigenvalue weighted by Gasteiger charge is -2.04. The molecule has 0 fully saturated rings. The van der Waals surface area contributed by atoms with Crippen molar-refractivity contribution < 1.29 is 0 Å². The maximum Gasteiger partial charge on any atom is 0.276 e. The summed E-state index contributed by atoms with van der Waals surface area (Å²) < 4.78 is 1.62. The minimum absolute atomic E-state index is 0.165. The number of benzene rings is 1. The Kier molecular flexibility index (Phi) is 3.15. The summed E-state index contributed by atoms with van der Waals surface area (Å²) in [5.74, 6) is 0.989. The van der Waals surface area contributed by atoms with Gasteiger partial charge in [-0.2, -0.15) is 9.61 Å². The number of aryl methyl sites for hydroxylation is 1. The molecule has 0 saturated heterocycles. The van der Waals surface area contributed by atoms with Gasteiger partial charge < -0.3 is 0 Å². The molecular weight excluding hydrogens is 288 g/mol. The van der Waals surface area contributed by atoms with Crippen molar-refractivity contribution in [3.8, 4) is 0 Å². The molecule has 2 aromatic heterocycles. The molecule has 0 unspecified atom stereocenters. The number of rotatable bonds is 2. The highest BCUT2D eigenvalue weighted by molar-refractivity contribution is 5.50. The van der Waals surface area contributed by atoms with Crippen molar-refractivity contribution in [1.82, 2.24) is 19.6 Å². The van der Waals surface area contributed by atoms with Crippen LogP contribution < -0.4 is 16.3 Å². The summed E-state index contributed by atoms with van der Waals surface area (Å²) in [6, 6.07) is 8.25. The lowest BCUT2D eigenvalue weighted by Crippen LogP contribution is -2.28. The number of hydrogen-bond donors (Lipinski definition) is 1. The molecule has 2 heterocycles. The molecule has 0 radical (unpaired) electrons. The fraction of sp³-hybridized carbons (Fsp3) is 0.278. The Morgan fingerprint density at radius 3 is 2.78 bits per heavy atom. The van der Waals surface area contributed by atoms with Crippen molar-refractivity contribution in [2.45, 2.75) is 32.6 Å². The minimum Gasteiger partial charge on any atom is -0.289 e. The van der Waals surface area contributed by atoms with Crippen LogP contribution >= 0.6 is 0 Å². The second-order valence-corrected chi connectivity index (χ2v) is 6.23. The van der Waals surface area contributed by atoms with Gasteiger partial charge in [-0.15, -0.1) is 0 Å². The smallest absolute Gasteiger partial charge is 0.276 e. The summed E-state index contributed by atoms with van der Waals surface area (Å²) in [6.07, 6.45) is 5.76. The quantitative estimate of drug-likeness (QED) is 0.771. The molecule has 1 N–H and O–H groups in total. The van der Waals surface area contributed by atoms with E-state index in [2.05, 4.69) is 47.1 Å². The van der Waals surface area contributed by atoms with Gasteiger partial charge >= 0.3 is 0 Å². The number of H-pyrrole nitrogens is 1. The van der Waals surface area contributed by atoms with Gasteiger partial charge in [0.2, 0.25) is 5.78 Å². The second-order valence-electron chi connectivity index (χ2n) is 6.23. The van der Waals surface area contributed by atoms with Gasteiger partial charge in [0.15, 0.2) is 0 Å². The predicted octanol–water partition coefficient (Wildman–Crippen LogP) is 1.10. The van der Waals surface area contributed by atoms with E-state index in [9.17, 15) is 4.79 Å². The highest BCUT2D eigenvalue weighted by Crippen LogP contribution is 2.14. The van der Waals surface area contributed by atoms with Crippen molar-refractivity contribution in [3.05, 3.63) is 62.1 Å². The van der Waals surface area contributed by atoms with E-state index in [0.717, 1.165) is 29.4 Å². The molecule has 1 aromatic carbocycles. The molecule has 0 aliphatic heterocycles. The second kappa shape index (κ2) is 5.19. The number of imidazole rings is 1. The van der Waals surface area contributed by atoms with Crippen molar-refractivity contribution in [3.63, 3.8) is 0 Å². The van der Waals surface area contributed by atoms with Gasteiger partial charge in [-0.25, -0.2) is 4.98 Å². The van der Waals surface area contributed by atoms with Crippen LogP contribution in [0, 0.1) is 0 Å². The number of hydrogen-bond acceptors (Lipinski definition) is 3. The maximum absolute atomic E-state index is 12.2. The summed E-state index contributed by atoms with van der Waals surface area (Å²) in [6.45, 7) is 4.33. The van der Waals surface area contributed by atoms with Crippen LogP contribution in [0.15, 0.2) is 29.1 Å². The molecule has 3 aromatic rings. The average Bonchev–Trinajstić information content (AvgIpc) is 3.10. The molecular formula is C18H18N4O. The first-order chi connectivity index (χ1) is 11.1. The Hall–Kier alpha value is -2.69. The first-order valence-electron chi connectivity index (χ1n) is 7.91. The topological polar surface area (TPSA) is 63.0 Å². The summed E-state index contributed by atoms with van der Waals surface area (Å²) in [7, 11) is 0. The molecule has 116 valence electrons. The Balaban J connectivity index is 1.90. The maximum atomic E-state index is 12.2. The largest absolute Gasteiger partial charge is 0.289 e. The van der Waals surface area contributed by atoms with Crippen molar-refractivity contribution in [2.24, 2.45) is 0 Å². The third-order valence-corrected chi connectivity index (χ3v) is 4.25. The molecule has 0 bridgehead atoms. The van der Waals surface area contributed by atoms with E-state index in [4.69, 9.17) is 0 Å². The summed E-state index contributed by atoms with van der Waals surface area (Å²) >= 11 is 0. The van der Waals surface area contributed by atoms with Crippen LogP contribution in [0.5, 0.6) is 0 Å². The predicted molar refractivity (Wildman–Crippen MR) is 89.7 cm³/mol. The van der Waals surface area contributed by atoms with Crippen molar-refractivity contribution >= 4 is 17.9 Å². The molecule has 4 rings (SSSR count). The SMILES string of the molecule is CC(C)c1ccc(/C=c2/c(=O)[nH]c3nc4c(nn23)CCC=4)cc1. The van der Waals surface area contributed by atoms with E-state index >= 15 is 0 Å². The van der Waals surface area contributed by atoms with E-state index in [-0.39, 0.29) is 5.56 Å². The van der Waals surface area contributed by atoms with Crippen LogP contribution in [0.25, 0.3) is 17.9 Å². The van der Waals surface area contributed by atoms with E-state index in [1.165, 1.54) is 5.56 Å². The molecule has 5 nitrogen and oxygen atoms in total. The van der Waals surface area contributed by atoms with Gasteiger partial charge in [0.1, 0.15) is 5.35 Å². The Bertz CT molecular complexity index is 1060. The van der Waals surface area contributed by atoms with Gasteiger partial charge in [0.05, 0.1) is 11.0 Å². The zero-order valence-electron chi connectivity index (χ0n) is 13.2. The first kappa shape index (κ1) is 13.9. The van der Waals surface area contributed by atoms with E-state index in [1.54, 1.807) is 4.52 Å². The normalized spacial score (nSPS) is 14.5. The highest BCUT2D eigenvalue weighted by atomic mass is 16.1. The van der Waals surface area contributed by atoms with E-state index in [0.29, 0.717) is 17.0 Å². The fourth-order valence-electron chi connectivity index (χ4n) is 2.90. The van der Waals surface area contributed by atoms with Crippen LogP contribution in [0.2, 0.25) is 0 Å². The molecule has 0 saturated carbocycles. The molecule has 0 atom stereocenters. The third kappa shape index (κ3) is 2.38. The number of aromatic amines is 1. The van der Waals surface area contributed by atoms with Gasteiger partial charge in [-0.3, -0.25) is 9.78 Å². The monoisotopic (exact) mass is 306 g/mol. The molecule has 0 spiro atoms. The fourth-order valence-corrected chi connectivity index (χ4v) is 2.90. The zero-order chi connectivity index (χ0) is 16.0. The standard InChI is InChI=1S/C18H18N4O/c1-11(2)13-8-6-12(7-9-13)10-16-17(23)20-18-19-14-4-3-5-15(14)21-22(16)18/h4,6-11H,3,5H2,1-2H3,(H,19,20,23)/b16-10-. The van der Waals surface area contributed by atoms with Crippen LogP contribution in [0.4, 0.5) is 0 Å². The van der Waals surface area contributed by atoms with Gasteiger partial charge in [0, 0.05) is 0 Å². The third-order valence-electron chi connectivity index (χ3n) is 4.25. The van der Waals surface area contributed by atoms with Crippen LogP contribution in [0.1, 0.15) is 43.0 Å². The van der Waals surface area contributed by atoms with Gasteiger partial charge in [-0.1, -0.05) is 44.2 Å². The van der Waals surface area contributed by atoms with E-state index < -0.39 is 0 Å². The summed E-state index contributed by atoms with van der Waals surface area (Å²) in [4.78, 5) is 19.5. The lowest BCUT2D eigenvalue weighted by molar-refractivity contribution is 0.808. The van der Waals surface area contributed by atoms with Gasteiger partial charge in [-0.05, 0) is 36.0 Å². The van der Waals surface area contributed by atoms with E-state index in [1.807, 2.05) is 18.2 Å².